The average Bonchev–Trinajstić information content (AvgIpc) is 3.31. The number of nitrogens with zero attached hydrogens (tertiary/aromatic N) is 3. The monoisotopic (exact) mass is 309 g/mol. The van der Waals surface area contributed by atoms with E-state index in [4.69, 9.17) is 13.4 Å². The summed E-state index contributed by atoms with van der Waals surface area (Å²) in [4.78, 5) is 11.9. The molecule has 0 aliphatic heterocycles. The van der Waals surface area contributed by atoms with Crippen LogP contribution in [-0.2, 0) is 6.54 Å². The van der Waals surface area contributed by atoms with Gasteiger partial charge in [0.05, 0.1) is 12.8 Å². The first kappa shape index (κ1) is 13.3. The summed E-state index contributed by atoms with van der Waals surface area (Å²) >= 11 is 0. The van der Waals surface area contributed by atoms with Gasteiger partial charge in [0.2, 0.25) is 0 Å². The van der Waals surface area contributed by atoms with Gasteiger partial charge in [0.15, 0.2) is 11.5 Å². The Hall–Kier alpha value is -3.35. The van der Waals surface area contributed by atoms with Crippen LogP contribution in [-0.4, -0.2) is 14.9 Å². The Labute approximate surface area is 129 Å². The van der Waals surface area contributed by atoms with Crippen LogP contribution in [0.4, 0.5) is 0 Å². The van der Waals surface area contributed by atoms with E-state index < -0.39 is 5.76 Å². The van der Waals surface area contributed by atoms with Crippen molar-refractivity contribution in [3.8, 4) is 23.0 Å². The highest BCUT2D eigenvalue weighted by Gasteiger charge is 2.14. The predicted molar refractivity (Wildman–Crippen MR) is 79.5 cm³/mol. The summed E-state index contributed by atoms with van der Waals surface area (Å²) in [6.07, 6.45) is 1.48. The summed E-state index contributed by atoms with van der Waals surface area (Å²) in [5.41, 5.74) is 1.49. The zero-order valence-corrected chi connectivity index (χ0v) is 11.9. The van der Waals surface area contributed by atoms with Crippen LogP contribution in [0, 0.1) is 0 Å². The number of furan rings is 1. The molecule has 0 unspecified atom stereocenters. The SMILES string of the molecule is O=c1oc(-c2ccco2)nn1Cc1cc(-c2ccccc2)on1. The Morgan fingerprint density at radius 1 is 1.04 bits per heavy atom. The molecule has 0 saturated carbocycles. The largest absolute Gasteiger partial charge is 0.459 e. The Morgan fingerprint density at radius 2 is 1.91 bits per heavy atom. The predicted octanol–water partition coefficient (Wildman–Crippen LogP) is 2.80. The minimum absolute atomic E-state index is 0.131. The van der Waals surface area contributed by atoms with Gasteiger partial charge in [-0.25, -0.2) is 4.79 Å². The fourth-order valence-corrected chi connectivity index (χ4v) is 2.18. The molecule has 0 N–H and O–H groups in total. The maximum atomic E-state index is 11.9. The topological polar surface area (TPSA) is 87.2 Å². The molecule has 3 aromatic heterocycles. The van der Waals surface area contributed by atoms with E-state index >= 15 is 0 Å². The van der Waals surface area contributed by atoms with Crippen LogP contribution >= 0.6 is 0 Å². The van der Waals surface area contributed by atoms with Crippen LogP contribution in [0.1, 0.15) is 5.69 Å². The Bertz CT molecular complexity index is 964. The summed E-state index contributed by atoms with van der Waals surface area (Å²) in [5, 5.41) is 8.05. The molecule has 0 aliphatic rings. The maximum absolute atomic E-state index is 11.9. The number of aromatic nitrogens is 3. The lowest BCUT2D eigenvalue weighted by Gasteiger charge is -1.92. The van der Waals surface area contributed by atoms with E-state index in [1.807, 2.05) is 30.3 Å². The van der Waals surface area contributed by atoms with E-state index in [0.717, 1.165) is 5.56 Å². The van der Waals surface area contributed by atoms with Crippen molar-refractivity contribution in [1.82, 2.24) is 14.9 Å². The van der Waals surface area contributed by atoms with Gasteiger partial charge >= 0.3 is 5.76 Å². The van der Waals surface area contributed by atoms with Gasteiger partial charge in [-0.3, -0.25) is 0 Å². The smallest absolute Gasteiger partial charge is 0.437 e. The van der Waals surface area contributed by atoms with E-state index in [9.17, 15) is 4.79 Å². The molecule has 0 saturated heterocycles. The van der Waals surface area contributed by atoms with Gasteiger partial charge in [-0.05, 0) is 12.1 Å². The Balaban J connectivity index is 1.60. The first-order valence-electron chi connectivity index (χ1n) is 6.92. The highest BCUT2D eigenvalue weighted by atomic mass is 16.5. The third-order valence-corrected chi connectivity index (χ3v) is 3.27. The van der Waals surface area contributed by atoms with Crippen molar-refractivity contribution in [2.24, 2.45) is 0 Å². The molecule has 0 atom stereocenters. The molecular formula is C16H11N3O4. The minimum atomic E-state index is -0.583. The van der Waals surface area contributed by atoms with Crippen molar-refractivity contribution in [1.29, 1.82) is 0 Å². The van der Waals surface area contributed by atoms with Crippen LogP contribution in [0.2, 0.25) is 0 Å². The van der Waals surface area contributed by atoms with Crippen LogP contribution in [0.5, 0.6) is 0 Å². The number of hydrogen-bond donors (Lipinski definition) is 0. The molecule has 0 bridgehead atoms. The molecule has 0 aliphatic carbocycles. The third kappa shape index (κ3) is 2.59. The van der Waals surface area contributed by atoms with Crippen molar-refractivity contribution in [2.45, 2.75) is 6.54 Å². The molecule has 23 heavy (non-hydrogen) atoms. The van der Waals surface area contributed by atoms with E-state index in [-0.39, 0.29) is 12.4 Å². The maximum Gasteiger partial charge on any atom is 0.437 e. The second-order valence-corrected chi connectivity index (χ2v) is 4.86. The first-order chi connectivity index (χ1) is 11.3. The van der Waals surface area contributed by atoms with Gasteiger partial charge in [-0.1, -0.05) is 35.5 Å². The zero-order valence-electron chi connectivity index (χ0n) is 11.9. The standard InChI is InChI=1S/C16H11N3O4/c20-16-19(17-15(22-16)13-7-4-8-21-13)10-12-9-14(23-18-12)11-5-2-1-3-6-11/h1-9H,10H2. The van der Waals surface area contributed by atoms with Crippen molar-refractivity contribution in [3.63, 3.8) is 0 Å². The fraction of sp³-hybridized carbons (Fsp3) is 0.0625. The van der Waals surface area contributed by atoms with Crippen molar-refractivity contribution >= 4 is 0 Å². The highest BCUT2D eigenvalue weighted by Crippen LogP contribution is 2.20. The average molecular weight is 309 g/mol. The van der Waals surface area contributed by atoms with Crippen LogP contribution < -0.4 is 5.76 Å². The molecule has 0 amide bonds. The second kappa shape index (κ2) is 5.45. The molecule has 0 spiro atoms. The lowest BCUT2D eigenvalue weighted by molar-refractivity contribution is 0.416. The fourth-order valence-electron chi connectivity index (χ4n) is 2.18. The van der Waals surface area contributed by atoms with Crippen molar-refractivity contribution in [3.05, 3.63) is 71.0 Å². The molecule has 4 rings (SSSR count). The highest BCUT2D eigenvalue weighted by molar-refractivity contribution is 5.56. The van der Waals surface area contributed by atoms with Crippen molar-refractivity contribution in [2.75, 3.05) is 0 Å². The van der Waals surface area contributed by atoms with E-state index in [1.165, 1.54) is 10.9 Å². The molecular weight excluding hydrogens is 298 g/mol. The Kier molecular flexibility index (Phi) is 3.16. The molecule has 0 radical (unpaired) electrons. The van der Waals surface area contributed by atoms with Gasteiger partial charge in [0, 0.05) is 11.6 Å². The van der Waals surface area contributed by atoms with Gasteiger partial charge < -0.3 is 13.4 Å². The van der Waals surface area contributed by atoms with E-state index in [2.05, 4.69) is 10.3 Å². The van der Waals surface area contributed by atoms with Gasteiger partial charge in [0.1, 0.15) is 5.69 Å². The Morgan fingerprint density at radius 3 is 2.70 bits per heavy atom. The van der Waals surface area contributed by atoms with Crippen LogP contribution in [0.3, 0.4) is 0 Å². The zero-order chi connectivity index (χ0) is 15.6. The summed E-state index contributed by atoms with van der Waals surface area (Å²) in [6.45, 7) is 0.152. The van der Waals surface area contributed by atoms with Gasteiger partial charge in [-0.2, -0.15) is 4.68 Å². The number of hydrogen-bond acceptors (Lipinski definition) is 6. The number of benzene rings is 1. The molecule has 4 aromatic rings. The summed E-state index contributed by atoms with van der Waals surface area (Å²) in [5.74, 6) is 0.571. The normalized spacial score (nSPS) is 11.0. The molecule has 0 fully saturated rings. The molecule has 1 aromatic carbocycles. The first-order valence-corrected chi connectivity index (χ1v) is 6.92. The third-order valence-electron chi connectivity index (χ3n) is 3.27. The van der Waals surface area contributed by atoms with E-state index in [1.54, 1.807) is 18.2 Å². The second-order valence-electron chi connectivity index (χ2n) is 4.86. The molecule has 7 heteroatoms. The van der Waals surface area contributed by atoms with Crippen molar-refractivity contribution < 1.29 is 13.4 Å². The lowest BCUT2D eigenvalue weighted by Crippen LogP contribution is -2.16. The van der Waals surface area contributed by atoms with Gasteiger partial charge in [0.25, 0.3) is 5.89 Å². The minimum Gasteiger partial charge on any atom is -0.459 e. The lowest BCUT2D eigenvalue weighted by atomic mass is 10.2. The van der Waals surface area contributed by atoms with Crippen LogP contribution in [0.15, 0.2) is 72.9 Å². The molecule has 7 nitrogen and oxygen atoms in total. The van der Waals surface area contributed by atoms with Crippen LogP contribution in [0.25, 0.3) is 23.0 Å². The quantitative estimate of drug-likeness (QED) is 0.576. The van der Waals surface area contributed by atoms with Gasteiger partial charge in [-0.15, -0.1) is 5.10 Å². The molecule has 3 heterocycles. The number of rotatable bonds is 4. The molecule has 114 valence electrons. The van der Waals surface area contributed by atoms with E-state index in [0.29, 0.717) is 17.2 Å². The summed E-state index contributed by atoms with van der Waals surface area (Å²) < 4.78 is 16.7. The summed E-state index contributed by atoms with van der Waals surface area (Å²) in [7, 11) is 0. The summed E-state index contributed by atoms with van der Waals surface area (Å²) in [6, 6.07) is 14.7.